The van der Waals surface area contributed by atoms with Crippen LogP contribution < -0.4 is 0 Å². The molecule has 0 saturated carbocycles. The topological polar surface area (TPSA) is 0 Å². The van der Waals surface area contributed by atoms with Gasteiger partial charge in [-0.2, -0.15) is 0 Å². The second-order valence-corrected chi connectivity index (χ2v) is 7.82. The summed E-state index contributed by atoms with van der Waals surface area (Å²) in [6.07, 6.45) is 3.31. The monoisotopic (exact) mass is 438 g/mol. The van der Waals surface area contributed by atoms with Crippen LogP contribution in [0.5, 0.6) is 0 Å². The standard InChI is InChI=1S/C30H21F3/c1-2-3-4-21-5-7-22(8-6-21)9-10-24-18-29(32)28(30(33)19-24)16-12-23-11-13-26-20-27(31)15-14-25(26)17-23/h5-8,11,13-15,17-20H,2-4H2,1H3. The summed E-state index contributed by atoms with van der Waals surface area (Å²) in [6, 6.07) is 19.9. The van der Waals surface area contributed by atoms with Crippen molar-refractivity contribution in [2.24, 2.45) is 0 Å². The molecule has 0 nitrogen and oxygen atoms in total. The van der Waals surface area contributed by atoms with E-state index in [9.17, 15) is 13.2 Å². The molecule has 0 N–H and O–H groups in total. The fourth-order valence-electron chi connectivity index (χ4n) is 3.47. The van der Waals surface area contributed by atoms with Crippen LogP contribution in [-0.2, 0) is 6.42 Å². The molecule has 4 rings (SSSR count). The molecule has 0 aliphatic heterocycles. The first-order valence-corrected chi connectivity index (χ1v) is 10.8. The lowest BCUT2D eigenvalue weighted by molar-refractivity contribution is 0.577. The Morgan fingerprint density at radius 3 is 1.94 bits per heavy atom. The highest BCUT2D eigenvalue weighted by Crippen LogP contribution is 2.18. The van der Waals surface area contributed by atoms with E-state index in [1.165, 1.54) is 29.8 Å². The van der Waals surface area contributed by atoms with Crippen molar-refractivity contribution in [3.8, 4) is 23.7 Å². The maximum absolute atomic E-state index is 14.6. The van der Waals surface area contributed by atoms with Crippen molar-refractivity contribution in [1.29, 1.82) is 0 Å². The van der Waals surface area contributed by atoms with E-state index in [1.807, 2.05) is 24.3 Å². The Morgan fingerprint density at radius 1 is 0.606 bits per heavy atom. The molecule has 0 spiro atoms. The van der Waals surface area contributed by atoms with Crippen LogP contribution in [0, 0.1) is 41.1 Å². The van der Waals surface area contributed by atoms with E-state index in [4.69, 9.17) is 0 Å². The molecular weight excluding hydrogens is 417 g/mol. The zero-order valence-corrected chi connectivity index (χ0v) is 18.2. The van der Waals surface area contributed by atoms with Gasteiger partial charge in [-0.05, 0) is 77.7 Å². The van der Waals surface area contributed by atoms with Crippen molar-refractivity contribution < 1.29 is 13.2 Å². The summed E-state index contributed by atoms with van der Waals surface area (Å²) >= 11 is 0. The SMILES string of the molecule is CCCCc1ccc(C#Cc2cc(F)c(C#Cc3ccc4cc(F)ccc4c3)c(F)c2)cc1. The molecule has 162 valence electrons. The van der Waals surface area contributed by atoms with E-state index in [0.717, 1.165) is 35.6 Å². The molecular formula is C30H21F3. The molecule has 3 heteroatoms. The number of rotatable bonds is 3. The first-order valence-electron chi connectivity index (χ1n) is 10.8. The highest BCUT2D eigenvalue weighted by Gasteiger charge is 2.08. The summed E-state index contributed by atoms with van der Waals surface area (Å²) in [5.41, 5.74) is 2.56. The van der Waals surface area contributed by atoms with Gasteiger partial charge in [0.1, 0.15) is 17.5 Å². The van der Waals surface area contributed by atoms with Crippen LogP contribution in [-0.4, -0.2) is 0 Å². The molecule has 0 radical (unpaired) electrons. The molecule has 4 aromatic carbocycles. The van der Waals surface area contributed by atoms with Gasteiger partial charge in [-0.25, -0.2) is 13.2 Å². The highest BCUT2D eigenvalue weighted by atomic mass is 19.1. The fourth-order valence-corrected chi connectivity index (χ4v) is 3.47. The van der Waals surface area contributed by atoms with Crippen molar-refractivity contribution in [1.82, 2.24) is 0 Å². The van der Waals surface area contributed by atoms with Crippen molar-refractivity contribution >= 4 is 10.8 Å². The van der Waals surface area contributed by atoms with E-state index in [2.05, 4.69) is 30.6 Å². The first-order chi connectivity index (χ1) is 16.0. The molecule has 4 aromatic rings. The molecule has 0 aliphatic carbocycles. The summed E-state index contributed by atoms with van der Waals surface area (Å²) in [7, 11) is 0. The minimum atomic E-state index is -0.760. The van der Waals surface area contributed by atoms with Gasteiger partial charge in [0, 0.05) is 16.7 Å². The van der Waals surface area contributed by atoms with Crippen LogP contribution in [0.1, 0.15) is 47.6 Å². The predicted molar refractivity (Wildman–Crippen MR) is 127 cm³/mol. The van der Waals surface area contributed by atoms with Gasteiger partial charge in [0.15, 0.2) is 0 Å². The molecule has 0 atom stereocenters. The van der Waals surface area contributed by atoms with Crippen LogP contribution in [0.4, 0.5) is 13.2 Å². The largest absolute Gasteiger partial charge is 0.207 e. The van der Waals surface area contributed by atoms with Gasteiger partial charge in [0.25, 0.3) is 0 Å². The summed E-state index contributed by atoms with van der Waals surface area (Å²) in [4.78, 5) is 0. The Kier molecular flexibility index (Phi) is 6.82. The van der Waals surface area contributed by atoms with Gasteiger partial charge < -0.3 is 0 Å². The number of benzene rings is 4. The van der Waals surface area contributed by atoms with Crippen LogP contribution >= 0.6 is 0 Å². The second kappa shape index (κ2) is 10.1. The lowest BCUT2D eigenvalue weighted by Crippen LogP contribution is -1.92. The molecule has 0 aromatic heterocycles. The quantitative estimate of drug-likeness (QED) is 0.292. The molecule has 0 heterocycles. The number of aryl methyl sites for hydroxylation is 1. The van der Waals surface area contributed by atoms with E-state index >= 15 is 0 Å². The van der Waals surface area contributed by atoms with Crippen molar-refractivity contribution in [3.63, 3.8) is 0 Å². The van der Waals surface area contributed by atoms with E-state index in [0.29, 0.717) is 5.56 Å². The normalized spacial score (nSPS) is 10.3. The van der Waals surface area contributed by atoms with E-state index in [1.54, 1.807) is 24.3 Å². The Bertz CT molecular complexity index is 1400. The third-order valence-corrected chi connectivity index (χ3v) is 5.30. The van der Waals surface area contributed by atoms with Crippen LogP contribution in [0.3, 0.4) is 0 Å². The summed E-state index contributed by atoms with van der Waals surface area (Å²) in [6.45, 7) is 2.15. The van der Waals surface area contributed by atoms with Crippen LogP contribution in [0.15, 0.2) is 72.8 Å². The fraction of sp³-hybridized carbons (Fsp3) is 0.133. The second-order valence-electron chi connectivity index (χ2n) is 7.82. The summed E-state index contributed by atoms with van der Waals surface area (Å²) in [5.74, 6) is 9.29. The number of halogens is 3. The Labute approximate surface area is 192 Å². The molecule has 0 saturated heterocycles. The Hall–Kier alpha value is -3.95. The lowest BCUT2D eigenvalue weighted by Gasteiger charge is -2.01. The predicted octanol–water partition coefficient (Wildman–Crippen LogP) is 7.40. The number of unbranched alkanes of at least 4 members (excludes halogenated alkanes) is 1. The van der Waals surface area contributed by atoms with Crippen molar-refractivity contribution in [3.05, 3.63) is 118 Å². The van der Waals surface area contributed by atoms with Gasteiger partial charge in [-0.1, -0.05) is 61.3 Å². The number of hydrogen-bond acceptors (Lipinski definition) is 0. The number of fused-ring (bicyclic) bond motifs is 1. The zero-order chi connectivity index (χ0) is 23.2. The molecule has 0 fully saturated rings. The first kappa shape index (κ1) is 22.3. The zero-order valence-electron chi connectivity index (χ0n) is 18.2. The van der Waals surface area contributed by atoms with Gasteiger partial charge in [0.2, 0.25) is 0 Å². The minimum absolute atomic E-state index is 0.248. The maximum Gasteiger partial charge on any atom is 0.143 e. The van der Waals surface area contributed by atoms with Crippen LogP contribution in [0.2, 0.25) is 0 Å². The van der Waals surface area contributed by atoms with Crippen molar-refractivity contribution in [2.45, 2.75) is 26.2 Å². The number of hydrogen-bond donors (Lipinski definition) is 0. The lowest BCUT2D eigenvalue weighted by atomic mass is 10.1. The molecule has 0 aliphatic rings. The van der Waals surface area contributed by atoms with Gasteiger partial charge in [-0.15, -0.1) is 0 Å². The third kappa shape index (κ3) is 5.65. The molecule has 33 heavy (non-hydrogen) atoms. The van der Waals surface area contributed by atoms with Gasteiger partial charge in [-0.3, -0.25) is 0 Å². The maximum atomic E-state index is 14.6. The van der Waals surface area contributed by atoms with E-state index in [-0.39, 0.29) is 16.9 Å². The van der Waals surface area contributed by atoms with Gasteiger partial charge in [0.05, 0.1) is 5.56 Å². The summed E-state index contributed by atoms with van der Waals surface area (Å²) < 4.78 is 42.4. The average molecular weight is 438 g/mol. The van der Waals surface area contributed by atoms with Gasteiger partial charge >= 0.3 is 0 Å². The van der Waals surface area contributed by atoms with E-state index < -0.39 is 11.6 Å². The average Bonchev–Trinajstić information content (AvgIpc) is 2.81. The van der Waals surface area contributed by atoms with Crippen LogP contribution in [0.25, 0.3) is 10.8 Å². The Balaban J connectivity index is 1.54. The summed E-state index contributed by atoms with van der Waals surface area (Å²) in [5, 5.41) is 1.53. The minimum Gasteiger partial charge on any atom is -0.207 e. The molecule has 0 unspecified atom stereocenters. The smallest absolute Gasteiger partial charge is 0.143 e. The third-order valence-electron chi connectivity index (χ3n) is 5.30. The Morgan fingerprint density at radius 2 is 1.21 bits per heavy atom. The molecule has 0 amide bonds. The highest BCUT2D eigenvalue weighted by molar-refractivity contribution is 5.84. The molecule has 0 bridgehead atoms. The van der Waals surface area contributed by atoms with Crippen molar-refractivity contribution in [2.75, 3.05) is 0 Å².